The highest BCUT2D eigenvalue weighted by Gasteiger charge is 2.24. The molecule has 1 saturated carbocycles. The first-order chi connectivity index (χ1) is 12.0. The Morgan fingerprint density at radius 3 is 2.36 bits per heavy atom. The molecule has 2 aromatic rings. The van der Waals surface area contributed by atoms with E-state index in [1.165, 1.54) is 6.08 Å². The largest absolute Gasteiger partial charge is 0.349 e. The van der Waals surface area contributed by atoms with E-state index in [0.29, 0.717) is 26.9 Å². The molecule has 0 heterocycles. The standard InChI is InChI=1S/C19H16Cl2N2O2/c20-15-5-3-6-16(21)13(15)10-11-18(24)23-17-7-2-1-4-14(17)19(25)22-12-8-9-12/h1-7,10-12H,8-9H2,(H,22,25)(H,23,24)/b11-10+. The van der Waals surface area contributed by atoms with Crippen molar-refractivity contribution in [3.05, 3.63) is 69.7 Å². The Morgan fingerprint density at radius 1 is 1.00 bits per heavy atom. The molecular formula is C19H16Cl2N2O2. The van der Waals surface area contributed by atoms with Gasteiger partial charge in [0.15, 0.2) is 0 Å². The van der Waals surface area contributed by atoms with Crippen molar-refractivity contribution in [1.82, 2.24) is 5.32 Å². The number of benzene rings is 2. The van der Waals surface area contributed by atoms with E-state index >= 15 is 0 Å². The van der Waals surface area contributed by atoms with Crippen molar-refractivity contribution in [2.45, 2.75) is 18.9 Å². The predicted molar refractivity (Wildman–Crippen MR) is 101 cm³/mol. The molecule has 1 fully saturated rings. The summed E-state index contributed by atoms with van der Waals surface area (Å²) in [4.78, 5) is 24.5. The van der Waals surface area contributed by atoms with Crippen molar-refractivity contribution < 1.29 is 9.59 Å². The first kappa shape index (κ1) is 17.5. The van der Waals surface area contributed by atoms with Crippen LogP contribution >= 0.6 is 23.2 Å². The average molecular weight is 375 g/mol. The van der Waals surface area contributed by atoms with Crippen LogP contribution in [0.15, 0.2) is 48.5 Å². The fraction of sp³-hybridized carbons (Fsp3) is 0.158. The van der Waals surface area contributed by atoms with Gasteiger partial charge in [0.25, 0.3) is 5.91 Å². The van der Waals surface area contributed by atoms with Crippen LogP contribution in [0.2, 0.25) is 10.0 Å². The van der Waals surface area contributed by atoms with Gasteiger partial charge >= 0.3 is 0 Å². The summed E-state index contributed by atoms with van der Waals surface area (Å²) in [5.41, 5.74) is 1.47. The number of halogens is 2. The second-order valence-electron chi connectivity index (χ2n) is 5.75. The molecule has 2 amide bonds. The second-order valence-corrected chi connectivity index (χ2v) is 6.57. The minimum absolute atomic E-state index is 0.184. The van der Waals surface area contributed by atoms with Gasteiger partial charge in [-0.1, -0.05) is 41.4 Å². The average Bonchev–Trinajstić information content (AvgIpc) is 3.39. The van der Waals surface area contributed by atoms with Crippen molar-refractivity contribution in [2.75, 3.05) is 5.32 Å². The van der Waals surface area contributed by atoms with Crippen molar-refractivity contribution in [1.29, 1.82) is 0 Å². The van der Waals surface area contributed by atoms with Crippen LogP contribution in [0.1, 0.15) is 28.8 Å². The second kappa shape index (κ2) is 7.72. The van der Waals surface area contributed by atoms with Crippen molar-refractivity contribution in [3.63, 3.8) is 0 Å². The Bertz CT molecular complexity index is 825. The van der Waals surface area contributed by atoms with E-state index in [1.807, 2.05) is 0 Å². The normalized spacial score (nSPS) is 13.7. The highest BCUT2D eigenvalue weighted by atomic mass is 35.5. The number of carbonyl (C=O) groups excluding carboxylic acids is 2. The summed E-state index contributed by atoms with van der Waals surface area (Å²) in [5, 5.41) is 6.55. The van der Waals surface area contributed by atoms with Crippen molar-refractivity contribution in [3.8, 4) is 0 Å². The Morgan fingerprint density at radius 2 is 1.68 bits per heavy atom. The Labute approximate surface area is 155 Å². The van der Waals surface area contributed by atoms with Gasteiger partial charge in [0.2, 0.25) is 5.91 Å². The number of rotatable bonds is 5. The third-order valence-electron chi connectivity index (χ3n) is 3.74. The third-order valence-corrected chi connectivity index (χ3v) is 4.40. The van der Waals surface area contributed by atoms with Crippen LogP contribution in [0.5, 0.6) is 0 Å². The summed E-state index contributed by atoms with van der Waals surface area (Å²) in [6, 6.07) is 12.3. The highest BCUT2D eigenvalue weighted by molar-refractivity contribution is 6.37. The van der Waals surface area contributed by atoms with Gasteiger partial charge < -0.3 is 10.6 Å². The van der Waals surface area contributed by atoms with Crippen molar-refractivity contribution in [2.24, 2.45) is 0 Å². The van der Waals surface area contributed by atoms with E-state index in [1.54, 1.807) is 48.5 Å². The number of nitrogens with one attached hydrogen (secondary N) is 2. The van der Waals surface area contributed by atoms with Gasteiger partial charge in [-0.2, -0.15) is 0 Å². The number of hydrogen-bond donors (Lipinski definition) is 2. The van der Waals surface area contributed by atoms with Crippen LogP contribution in [0.3, 0.4) is 0 Å². The topological polar surface area (TPSA) is 58.2 Å². The van der Waals surface area contributed by atoms with Crippen LogP contribution < -0.4 is 10.6 Å². The molecule has 2 aromatic carbocycles. The third kappa shape index (κ3) is 4.62. The molecule has 25 heavy (non-hydrogen) atoms. The van der Waals surface area contributed by atoms with Gasteiger partial charge in [-0.15, -0.1) is 0 Å². The SMILES string of the molecule is O=C(/C=C/c1c(Cl)cccc1Cl)Nc1ccccc1C(=O)NC1CC1. The lowest BCUT2D eigenvalue weighted by molar-refractivity contribution is -0.111. The molecule has 2 N–H and O–H groups in total. The Kier molecular flexibility index (Phi) is 5.41. The van der Waals surface area contributed by atoms with Gasteiger partial charge in [0.1, 0.15) is 0 Å². The summed E-state index contributed by atoms with van der Waals surface area (Å²) < 4.78 is 0. The van der Waals surface area contributed by atoms with Crippen LogP contribution in [-0.4, -0.2) is 17.9 Å². The van der Waals surface area contributed by atoms with E-state index in [2.05, 4.69) is 10.6 Å². The molecule has 128 valence electrons. The maximum atomic E-state index is 12.3. The monoisotopic (exact) mass is 374 g/mol. The Hall–Kier alpha value is -2.30. The van der Waals surface area contributed by atoms with E-state index in [0.717, 1.165) is 12.8 Å². The molecule has 0 aliphatic heterocycles. The summed E-state index contributed by atoms with van der Waals surface area (Å²) in [6.07, 6.45) is 4.89. The van der Waals surface area contributed by atoms with Gasteiger partial charge in [-0.25, -0.2) is 0 Å². The lowest BCUT2D eigenvalue weighted by atomic mass is 10.1. The minimum Gasteiger partial charge on any atom is -0.349 e. The van der Waals surface area contributed by atoms with Crippen molar-refractivity contribution >= 4 is 46.8 Å². The lowest BCUT2D eigenvalue weighted by Gasteiger charge is -2.10. The molecule has 0 saturated heterocycles. The molecule has 3 rings (SSSR count). The van der Waals surface area contributed by atoms with Gasteiger partial charge in [-0.3, -0.25) is 9.59 Å². The summed E-state index contributed by atoms with van der Waals surface area (Å²) >= 11 is 12.1. The number of hydrogen-bond acceptors (Lipinski definition) is 2. The van der Waals surface area contributed by atoms with Crippen LogP contribution in [0.25, 0.3) is 6.08 Å². The summed E-state index contributed by atoms with van der Waals surface area (Å²) in [7, 11) is 0. The highest BCUT2D eigenvalue weighted by Crippen LogP contribution is 2.25. The van der Waals surface area contributed by atoms with E-state index in [9.17, 15) is 9.59 Å². The molecule has 0 atom stereocenters. The lowest BCUT2D eigenvalue weighted by Crippen LogP contribution is -2.26. The van der Waals surface area contributed by atoms with E-state index < -0.39 is 0 Å². The molecule has 0 radical (unpaired) electrons. The zero-order valence-electron chi connectivity index (χ0n) is 13.3. The van der Waals surface area contributed by atoms with Gasteiger partial charge in [-0.05, 0) is 43.2 Å². The minimum atomic E-state index is -0.373. The molecule has 6 heteroatoms. The maximum absolute atomic E-state index is 12.3. The molecule has 0 aromatic heterocycles. The van der Waals surface area contributed by atoms with E-state index in [4.69, 9.17) is 23.2 Å². The van der Waals surface area contributed by atoms with E-state index in [-0.39, 0.29) is 17.9 Å². The zero-order valence-corrected chi connectivity index (χ0v) is 14.8. The van der Waals surface area contributed by atoms with Crippen LogP contribution in [-0.2, 0) is 4.79 Å². The summed E-state index contributed by atoms with van der Waals surface area (Å²) in [5.74, 6) is -0.556. The van der Waals surface area contributed by atoms with Crippen LogP contribution in [0, 0.1) is 0 Å². The number of anilines is 1. The molecule has 1 aliphatic rings. The molecule has 1 aliphatic carbocycles. The predicted octanol–water partition coefficient (Wildman–Crippen LogP) is 4.54. The fourth-order valence-electron chi connectivity index (χ4n) is 2.28. The Balaban J connectivity index is 1.73. The molecule has 4 nitrogen and oxygen atoms in total. The molecule has 0 bridgehead atoms. The maximum Gasteiger partial charge on any atom is 0.253 e. The number of carbonyl (C=O) groups is 2. The smallest absolute Gasteiger partial charge is 0.253 e. The zero-order chi connectivity index (χ0) is 17.8. The fourth-order valence-corrected chi connectivity index (χ4v) is 2.81. The number of para-hydroxylation sites is 1. The van der Waals surface area contributed by atoms with Crippen LogP contribution in [0.4, 0.5) is 5.69 Å². The summed E-state index contributed by atoms with van der Waals surface area (Å²) in [6.45, 7) is 0. The molecule has 0 unspecified atom stereocenters. The first-order valence-electron chi connectivity index (χ1n) is 7.87. The van der Waals surface area contributed by atoms with Gasteiger partial charge in [0.05, 0.1) is 11.3 Å². The molecule has 0 spiro atoms. The van der Waals surface area contributed by atoms with Gasteiger partial charge in [0, 0.05) is 27.7 Å². The first-order valence-corrected chi connectivity index (χ1v) is 8.63. The quantitative estimate of drug-likeness (QED) is 0.754. The number of amides is 2. The molecular weight excluding hydrogens is 359 g/mol.